The van der Waals surface area contributed by atoms with Gasteiger partial charge in [-0.1, -0.05) is 11.3 Å². The van der Waals surface area contributed by atoms with Gasteiger partial charge in [-0.25, -0.2) is 0 Å². The Bertz CT molecular complexity index is 354. The van der Waals surface area contributed by atoms with Gasteiger partial charge in [0.05, 0.1) is 0 Å². The van der Waals surface area contributed by atoms with E-state index in [4.69, 9.17) is 11.6 Å². The second kappa shape index (κ2) is 4.02. The maximum Gasteiger partial charge on any atom is 0.234 e. The van der Waals surface area contributed by atoms with Gasteiger partial charge in [-0.2, -0.15) is 9.61 Å². The van der Waals surface area contributed by atoms with Gasteiger partial charge in [0.1, 0.15) is 11.3 Å². The summed E-state index contributed by atoms with van der Waals surface area (Å²) >= 11 is 7.17. The lowest BCUT2D eigenvalue weighted by Gasteiger charge is -1.91. The van der Waals surface area contributed by atoms with Crippen molar-refractivity contribution in [1.29, 1.82) is 0 Å². The van der Waals surface area contributed by atoms with E-state index in [1.165, 1.54) is 0 Å². The van der Waals surface area contributed by atoms with Crippen molar-refractivity contribution in [3.8, 4) is 0 Å². The summed E-state index contributed by atoms with van der Waals surface area (Å²) in [6.45, 7) is 0. The van der Waals surface area contributed by atoms with Gasteiger partial charge in [0.2, 0.25) is 4.96 Å². The Hall–Kier alpha value is -0.680. The van der Waals surface area contributed by atoms with Gasteiger partial charge < -0.3 is 0 Å². The first-order valence-corrected chi connectivity index (χ1v) is 5.47. The number of fused-ring (bicyclic) bond motifs is 1. The quantitative estimate of drug-likeness (QED) is 0.578. The van der Waals surface area contributed by atoms with Gasteiger partial charge in [0.25, 0.3) is 0 Å². The van der Waals surface area contributed by atoms with E-state index in [9.17, 15) is 0 Å². The molecular weight excluding hydrogens is 208 g/mol. The Balaban J connectivity index is 2.03. The summed E-state index contributed by atoms with van der Waals surface area (Å²) in [5.41, 5.74) is 0. The topological polar surface area (TPSA) is 43.1 Å². The van der Waals surface area contributed by atoms with Crippen molar-refractivity contribution in [2.45, 2.75) is 19.3 Å². The number of alkyl halides is 1. The second-order valence-corrected chi connectivity index (χ2v) is 4.12. The van der Waals surface area contributed by atoms with Crippen LogP contribution < -0.4 is 0 Å². The molecule has 0 saturated heterocycles. The van der Waals surface area contributed by atoms with E-state index in [-0.39, 0.29) is 0 Å². The van der Waals surface area contributed by atoms with Crippen LogP contribution >= 0.6 is 22.9 Å². The molecule has 0 aromatic carbocycles. The van der Waals surface area contributed by atoms with E-state index < -0.39 is 0 Å². The molecule has 0 fully saturated rings. The molecule has 2 heterocycles. The van der Waals surface area contributed by atoms with Crippen LogP contribution in [0.5, 0.6) is 0 Å². The highest BCUT2D eigenvalue weighted by Crippen LogP contribution is 2.13. The third-order valence-electron chi connectivity index (χ3n) is 1.70. The molecule has 0 atom stereocenters. The van der Waals surface area contributed by atoms with E-state index in [0.29, 0.717) is 0 Å². The zero-order valence-electron chi connectivity index (χ0n) is 6.98. The summed E-state index contributed by atoms with van der Waals surface area (Å²) in [5, 5.41) is 13.1. The maximum absolute atomic E-state index is 5.58. The minimum atomic E-state index is 0.726. The van der Waals surface area contributed by atoms with Crippen molar-refractivity contribution in [2.75, 3.05) is 5.88 Å². The monoisotopic (exact) mass is 216 g/mol. The van der Waals surface area contributed by atoms with Crippen molar-refractivity contribution < 1.29 is 0 Å². The third kappa shape index (κ3) is 1.97. The van der Waals surface area contributed by atoms with E-state index >= 15 is 0 Å². The Morgan fingerprint density at radius 3 is 3.15 bits per heavy atom. The average Bonchev–Trinajstić information content (AvgIpc) is 2.64. The van der Waals surface area contributed by atoms with Crippen LogP contribution in [0.1, 0.15) is 17.8 Å². The van der Waals surface area contributed by atoms with Crippen LogP contribution in [0.3, 0.4) is 0 Å². The number of aryl methyl sites for hydroxylation is 1. The lowest BCUT2D eigenvalue weighted by molar-refractivity contribution is 0.772. The van der Waals surface area contributed by atoms with E-state index in [2.05, 4.69) is 15.3 Å². The highest BCUT2D eigenvalue weighted by atomic mass is 35.5. The molecule has 0 aliphatic carbocycles. The zero-order chi connectivity index (χ0) is 9.10. The summed E-state index contributed by atoms with van der Waals surface area (Å²) in [6, 6.07) is 0. The summed E-state index contributed by atoms with van der Waals surface area (Å²) < 4.78 is 1.71. The molecule has 0 N–H and O–H groups in total. The smallest absolute Gasteiger partial charge is 0.190 e. The lowest BCUT2D eigenvalue weighted by atomic mass is 10.3. The Morgan fingerprint density at radius 1 is 1.46 bits per heavy atom. The van der Waals surface area contributed by atoms with Gasteiger partial charge >= 0.3 is 0 Å². The van der Waals surface area contributed by atoms with E-state index in [1.54, 1.807) is 22.2 Å². The molecule has 0 saturated carbocycles. The largest absolute Gasteiger partial charge is 0.234 e. The van der Waals surface area contributed by atoms with Crippen molar-refractivity contribution in [1.82, 2.24) is 19.8 Å². The number of halogens is 1. The number of unbranched alkanes of at least 4 members (excludes halogenated alkanes) is 1. The normalized spacial score (nSPS) is 11.2. The summed E-state index contributed by atoms with van der Waals surface area (Å²) in [5.74, 6) is 0.726. The van der Waals surface area contributed by atoms with Crippen LogP contribution in [-0.2, 0) is 6.42 Å². The molecular formula is C7H9ClN4S. The minimum Gasteiger partial charge on any atom is -0.190 e. The van der Waals surface area contributed by atoms with E-state index in [0.717, 1.165) is 35.1 Å². The van der Waals surface area contributed by atoms with Crippen LogP contribution in [0.15, 0.2) is 6.33 Å². The van der Waals surface area contributed by atoms with Crippen molar-refractivity contribution >= 4 is 27.9 Å². The van der Waals surface area contributed by atoms with Crippen molar-refractivity contribution in [2.24, 2.45) is 0 Å². The molecule has 4 nitrogen and oxygen atoms in total. The fourth-order valence-electron chi connectivity index (χ4n) is 1.07. The first-order chi connectivity index (χ1) is 6.40. The van der Waals surface area contributed by atoms with Crippen molar-refractivity contribution in [3.05, 3.63) is 11.3 Å². The van der Waals surface area contributed by atoms with E-state index in [1.807, 2.05) is 0 Å². The summed E-state index contributed by atoms with van der Waals surface area (Å²) in [6.07, 6.45) is 4.74. The molecule has 0 amide bonds. The second-order valence-electron chi connectivity index (χ2n) is 2.70. The minimum absolute atomic E-state index is 0.726. The number of aromatic nitrogens is 4. The molecule has 0 aliphatic heterocycles. The molecule has 0 radical (unpaired) electrons. The molecule has 70 valence electrons. The Labute approximate surface area is 84.5 Å². The SMILES string of the molecule is ClCCCCc1nn2cnnc2s1. The fraction of sp³-hybridized carbons (Fsp3) is 0.571. The first kappa shape index (κ1) is 8.90. The van der Waals surface area contributed by atoms with Gasteiger partial charge in [-0.3, -0.25) is 0 Å². The van der Waals surface area contributed by atoms with Crippen LogP contribution in [-0.4, -0.2) is 25.7 Å². The van der Waals surface area contributed by atoms with Gasteiger partial charge in [0, 0.05) is 12.3 Å². The summed E-state index contributed by atoms with van der Waals surface area (Å²) in [4.78, 5) is 0.862. The molecule has 6 heteroatoms. The Kier molecular flexibility index (Phi) is 2.75. The zero-order valence-corrected chi connectivity index (χ0v) is 8.55. The number of nitrogens with zero attached hydrogens (tertiary/aromatic N) is 4. The molecule has 13 heavy (non-hydrogen) atoms. The predicted molar refractivity (Wildman–Crippen MR) is 52.3 cm³/mol. The lowest BCUT2D eigenvalue weighted by Crippen LogP contribution is -1.87. The number of rotatable bonds is 4. The molecule has 2 aromatic rings. The maximum atomic E-state index is 5.58. The standard InChI is InChI=1S/C7H9ClN4S/c8-4-2-1-3-6-11-12-5-9-10-7(12)13-6/h5H,1-4H2. The van der Waals surface area contributed by atoms with Gasteiger partial charge in [0.15, 0.2) is 0 Å². The number of hydrogen-bond donors (Lipinski definition) is 0. The molecule has 0 aliphatic rings. The first-order valence-electron chi connectivity index (χ1n) is 4.12. The molecule has 0 spiro atoms. The fourth-order valence-corrected chi connectivity index (χ4v) is 2.12. The molecule has 2 aromatic heterocycles. The molecule has 0 bridgehead atoms. The third-order valence-corrected chi connectivity index (χ3v) is 2.94. The van der Waals surface area contributed by atoms with Crippen LogP contribution in [0.25, 0.3) is 4.96 Å². The van der Waals surface area contributed by atoms with Gasteiger partial charge in [-0.15, -0.1) is 21.8 Å². The molecule has 0 unspecified atom stereocenters. The number of hydrogen-bond acceptors (Lipinski definition) is 4. The Morgan fingerprint density at radius 2 is 2.38 bits per heavy atom. The van der Waals surface area contributed by atoms with Gasteiger partial charge in [-0.05, 0) is 12.8 Å². The van der Waals surface area contributed by atoms with Crippen LogP contribution in [0, 0.1) is 0 Å². The predicted octanol–water partition coefficient (Wildman–Crippen LogP) is 1.75. The van der Waals surface area contributed by atoms with Crippen LogP contribution in [0.2, 0.25) is 0 Å². The van der Waals surface area contributed by atoms with Crippen molar-refractivity contribution in [3.63, 3.8) is 0 Å². The van der Waals surface area contributed by atoms with Crippen LogP contribution in [0.4, 0.5) is 0 Å². The molecule has 2 rings (SSSR count). The average molecular weight is 217 g/mol. The summed E-state index contributed by atoms with van der Waals surface area (Å²) in [7, 11) is 0. The highest BCUT2D eigenvalue weighted by molar-refractivity contribution is 7.16. The highest BCUT2D eigenvalue weighted by Gasteiger charge is 2.03.